The number of aromatic nitrogens is 3. The first-order chi connectivity index (χ1) is 11.1. The Hall–Kier alpha value is -2.44. The van der Waals surface area contributed by atoms with Gasteiger partial charge >= 0.3 is 0 Å². The van der Waals surface area contributed by atoms with Gasteiger partial charge in [-0.25, -0.2) is 9.97 Å². The highest BCUT2D eigenvalue weighted by molar-refractivity contribution is 5.95. The molecule has 0 aliphatic carbocycles. The Labute approximate surface area is 134 Å². The average Bonchev–Trinajstić information content (AvgIpc) is 3.20. The first-order valence-electron chi connectivity index (χ1n) is 7.86. The van der Waals surface area contributed by atoms with E-state index >= 15 is 0 Å². The minimum Gasteiger partial charge on any atom is -0.361 e. The fourth-order valence-corrected chi connectivity index (χ4v) is 3.63. The standard InChI is InChI=1S/C16H19N5O2/c1-10-3-15(18-9-17-10)20-5-12-7-21(8-13(12)6-20)16(22)14-4-19-23-11(14)2/h3-4,9,12-13H,5-8H2,1-2H3. The van der Waals surface area contributed by atoms with Crippen LogP contribution in [0.15, 0.2) is 23.1 Å². The maximum absolute atomic E-state index is 12.5. The number of carbonyl (C=O) groups excluding carboxylic acids is 1. The molecule has 23 heavy (non-hydrogen) atoms. The number of aryl methyl sites for hydroxylation is 2. The van der Waals surface area contributed by atoms with Crippen LogP contribution in [0.4, 0.5) is 5.82 Å². The van der Waals surface area contributed by atoms with E-state index in [4.69, 9.17) is 4.52 Å². The summed E-state index contributed by atoms with van der Waals surface area (Å²) >= 11 is 0. The van der Waals surface area contributed by atoms with Crippen molar-refractivity contribution in [2.75, 3.05) is 31.1 Å². The quantitative estimate of drug-likeness (QED) is 0.831. The third kappa shape index (κ3) is 2.46. The van der Waals surface area contributed by atoms with Crippen molar-refractivity contribution < 1.29 is 9.32 Å². The topological polar surface area (TPSA) is 75.4 Å². The summed E-state index contributed by atoms with van der Waals surface area (Å²) in [6.45, 7) is 7.20. The molecule has 2 fully saturated rings. The zero-order valence-corrected chi connectivity index (χ0v) is 13.3. The van der Waals surface area contributed by atoms with Gasteiger partial charge in [-0.2, -0.15) is 0 Å². The van der Waals surface area contributed by atoms with E-state index in [0.29, 0.717) is 23.2 Å². The van der Waals surface area contributed by atoms with Gasteiger partial charge in [-0.1, -0.05) is 5.16 Å². The second kappa shape index (κ2) is 5.33. The lowest BCUT2D eigenvalue weighted by Gasteiger charge is -2.22. The SMILES string of the molecule is Cc1cc(N2CC3CN(C(=O)c4cnoc4C)CC3C2)ncn1. The lowest BCUT2D eigenvalue weighted by Crippen LogP contribution is -2.33. The number of hydrogen-bond acceptors (Lipinski definition) is 6. The molecule has 2 aromatic rings. The molecule has 4 rings (SSSR count). The first kappa shape index (κ1) is 14.2. The van der Waals surface area contributed by atoms with Crippen molar-refractivity contribution in [3.8, 4) is 0 Å². The number of hydrogen-bond donors (Lipinski definition) is 0. The Morgan fingerprint density at radius 3 is 2.52 bits per heavy atom. The largest absolute Gasteiger partial charge is 0.361 e. The number of amides is 1. The smallest absolute Gasteiger partial charge is 0.259 e. The molecule has 2 unspecified atom stereocenters. The molecule has 7 nitrogen and oxygen atoms in total. The lowest BCUT2D eigenvalue weighted by molar-refractivity contribution is 0.0781. The van der Waals surface area contributed by atoms with Gasteiger partial charge in [0.15, 0.2) is 0 Å². The third-order valence-electron chi connectivity index (χ3n) is 4.87. The van der Waals surface area contributed by atoms with E-state index in [0.717, 1.165) is 37.7 Å². The minimum atomic E-state index is 0.0302. The highest BCUT2D eigenvalue weighted by Gasteiger charge is 2.42. The Balaban J connectivity index is 1.44. The zero-order chi connectivity index (χ0) is 16.0. The van der Waals surface area contributed by atoms with Gasteiger partial charge in [0, 0.05) is 49.8 Å². The van der Waals surface area contributed by atoms with Gasteiger partial charge in [-0.05, 0) is 13.8 Å². The molecule has 0 bridgehead atoms. The number of nitrogens with zero attached hydrogens (tertiary/aromatic N) is 5. The molecular weight excluding hydrogens is 294 g/mol. The van der Waals surface area contributed by atoms with Crippen LogP contribution >= 0.6 is 0 Å². The van der Waals surface area contributed by atoms with Crippen LogP contribution in [0.25, 0.3) is 0 Å². The molecule has 7 heteroatoms. The van der Waals surface area contributed by atoms with Gasteiger partial charge in [0.2, 0.25) is 0 Å². The molecule has 2 aromatic heterocycles. The van der Waals surface area contributed by atoms with Crippen molar-refractivity contribution in [2.45, 2.75) is 13.8 Å². The molecule has 0 saturated carbocycles. The van der Waals surface area contributed by atoms with E-state index in [-0.39, 0.29) is 5.91 Å². The molecule has 1 amide bonds. The minimum absolute atomic E-state index is 0.0302. The summed E-state index contributed by atoms with van der Waals surface area (Å²) in [6.07, 6.45) is 3.13. The fraction of sp³-hybridized carbons (Fsp3) is 0.500. The number of carbonyl (C=O) groups is 1. The van der Waals surface area contributed by atoms with Crippen LogP contribution in [-0.2, 0) is 0 Å². The maximum Gasteiger partial charge on any atom is 0.259 e. The lowest BCUT2D eigenvalue weighted by atomic mass is 10.0. The van der Waals surface area contributed by atoms with Gasteiger partial charge in [-0.3, -0.25) is 4.79 Å². The summed E-state index contributed by atoms with van der Waals surface area (Å²) in [5.41, 5.74) is 1.56. The Morgan fingerprint density at radius 2 is 1.91 bits per heavy atom. The van der Waals surface area contributed by atoms with Crippen LogP contribution in [0.1, 0.15) is 21.8 Å². The van der Waals surface area contributed by atoms with Crippen molar-refractivity contribution >= 4 is 11.7 Å². The van der Waals surface area contributed by atoms with E-state index in [2.05, 4.69) is 20.0 Å². The third-order valence-corrected chi connectivity index (χ3v) is 4.87. The molecule has 120 valence electrons. The van der Waals surface area contributed by atoms with E-state index in [1.165, 1.54) is 6.20 Å². The number of anilines is 1. The molecular formula is C16H19N5O2. The van der Waals surface area contributed by atoms with E-state index in [1.807, 2.05) is 17.9 Å². The molecule has 0 radical (unpaired) electrons. The van der Waals surface area contributed by atoms with Crippen molar-refractivity contribution in [1.82, 2.24) is 20.0 Å². The second-order valence-electron chi connectivity index (χ2n) is 6.45. The highest BCUT2D eigenvalue weighted by atomic mass is 16.5. The van der Waals surface area contributed by atoms with Gasteiger partial charge in [-0.15, -0.1) is 0 Å². The number of rotatable bonds is 2. The zero-order valence-electron chi connectivity index (χ0n) is 13.3. The summed E-state index contributed by atoms with van der Waals surface area (Å²) in [5.74, 6) is 2.59. The Bertz CT molecular complexity index is 730. The average molecular weight is 313 g/mol. The van der Waals surface area contributed by atoms with E-state index in [9.17, 15) is 4.79 Å². The predicted octanol–water partition coefficient (Wildman–Crippen LogP) is 1.29. The van der Waals surface area contributed by atoms with Crippen molar-refractivity contribution in [1.29, 1.82) is 0 Å². The van der Waals surface area contributed by atoms with Gasteiger partial charge in [0.1, 0.15) is 23.5 Å². The Kier molecular flexibility index (Phi) is 3.28. The summed E-state index contributed by atoms with van der Waals surface area (Å²) < 4.78 is 5.01. The van der Waals surface area contributed by atoms with Crippen LogP contribution in [0.5, 0.6) is 0 Å². The van der Waals surface area contributed by atoms with Crippen LogP contribution in [0, 0.1) is 25.7 Å². The summed E-state index contributed by atoms with van der Waals surface area (Å²) in [7, 11) is 0. The van der Waals surface area contributed by atoms with Gasteiger partial charge in [0.05, 0.1) is 6.20 Å². The van der Waals surface area contributed by atoms with E-state index in [1.54, 1.807) is 13.3 Å². The maximum atomic E-state index is 12.5. The van der Waals surface area contributed by atoms with Crippen LogP contribution in [0.2, 0.25) is 0 Å². The van der Waals surface area contributed by atoms with Crippen molar-refractivity contribution in [3.63, 3.8) is 0 Å². The molecule has 0 spiro atoms. The predicted molar refractivity (Wildman–Crippen MR) is 83.1 cm³/mol. The molecule has 2 aliphatic heterocycles. The molecule has 2 atom stereocenters. The summed E-state index contributed by atoms with van der Waals surface area (Å²) in [4.78, 5) is 25.3. The van der Waals surface area contributed by atoms with E-state index < -0.39 is 0 Å². The number of fused-ring (bicyclic) bond motifs is 1. The molecule has 4 heterocycles. The van der Waals surface area contributed by atoms with Gasteiger partial charge < -0.3 is 14.3 Å². The molecule has 0 aromatic carbocycles. The molecule has 2 saturated heterocycles. The molecule has 2 aliphatic rings. The fourth-order valence-electron chi connectivity index (χ4n) is 3.63. The monoisotopic (exact) mass is 313 g/mol. The normalized spacial score (nSPS) is 23.4. The Morgan fingerprint density at radius 1 is 1.17 bits per heavy atom. The summed E-state index contributed by atoms with van der Waals surface area (Å²) in [5, 5.41) is 3.70. The summed E-state index contributed by atoms with van der Waals surface area (Å²) in [6, 6.07) is 2.02. The highest BCUT2D eigenvalue weighted by Crippen LogP contribution is 2.34. The van der Waals surface area contributed by atoms with Crippen LogP contribution in [-0.4, -0.2) is 52.1 Å². The van der Waals surface area contributed by atoms with Gasteiger partial charge in [0.25, 0.3) is 5.91 Å². The van der Waals surface area contributed by atoms with Crippen LogP contribution in [0.3, 0.4) is 0 Å². The van der Waals surface area contributed by atoms with Crippen molar-refractivity contribution in [3.05, 3.63) is 35.6 Å². The first-order valence-corrected chi connectivity index (χ1v) is 7.86. The number of likely N-dealkylation sites (tertiary alicyclic amines) is 1. The van der Waals surface area contributed by atoms with Crippen LogP contribution < -0.4 is 4.90 Å². The van der Waals surface area contributed by atoms with Crippen molar-refractivity contribution in [2.24, 2.45) is 11.8 Å². The second-order valence-corrected chi connectivity index (χ2v) is 6.45. The molecule has 0 N–H and O–H groups in total.